The quantitative estimate of drug-likeness (QED) is 0.563. The van der Waals surface area contributed by atoms with Gasteiger partial charge in [-0.25, -0.2) is 14.6 Å². The molecule has 0 amide bonds. The zero-order valence-corrected chi connectivity index (χ0v) is 20.1. The van der Waals surface area contributed by atoms with Crippen LogP contribution >= 0.6 is 0 Å². The Kier molecular flexibility index (Phi) is 9.77. The van der Waals surface area contributed by atoms with E-state index in [1.807, 2.05) is 12.3 Å². The number of carboxylic acid groups (broad SMARTS) is 2. The summed E-state index contributed by atoms with van der Waals surface area (Å²) in [6.45, 7) is 10.9. The Morgan fingerprint density at radius 1 is 1.03 bits per heavy atom. The second-order valence-corrected chi connectivity index (χ2v) is 8.45. The lowest BCUT2D eigenvalue weighted by atomic mass is 9.83. The molecule has 0 saturated carbocycles. The number of aliphatic carboxylic acids is 2. The van der Waals surface area contributed by atoms with Gasteiger partial charge in [0.1, 0.15) is 11.6 Å². The van der Waals surface area contributed by atoms with Gasteiger partial charge in [0.15, 0.2) is 0 Å². The third-order valence-corrected chi connectivity index (χ3v) is 6.18. The average molecular weight is 542 g/mol. The lowest BCUT2D eigenvalue weighted by molar-refractivity contribution is -0.193. The van der Waals surface area contributed by atoms with Crippen LogP contribution in [0, 0.1) is 6.92 Å². The van der Waals surface area contributed by atoms with Crippen molar-refractivity contribution in [1.82, 2.24) is 19.4 Å². The van der Waals surface area contributed by atoms with Crippen molar-refractivity contribution >= 4 is 11.9 Å². The van der Waals surface area contributed by atoms with Gasteiger partial charge < -0.3 is 19.2 Å². The minimum absolute atomic E-state index is 0.126. The summed E-state index contributed by atoms with van der Waals surface area (Å²) in [7, 11) is 0. The van der Waals surface area contributed by atoms with Crippen LogP contribution in [0.4, 0.5) is 26.3 Å². The Labute approximate surface area is 208 Å². The highest BCUT2D eigenvalue weighted by Crippen LogP contribution is 2.41. The number of halogens is 6. The summed E-state index contributed by atoms with van der Waals surface area (Å²) in [6, 6.07) is 4.04. The lowest BCUT2D eigenvalue weighted by Crippen LogP contribution is -2.57. The van der Waals surface area contributed by atoms with Gasteiger partial charge in [0.2, 0.25) is 0 Å². The molecule has 2 aliphatic rings. The summed E-state index contributed by atoms with van der Waals surface area (Å²) in [6.07, 6.45) is -4.05. The normalized spacial score (nSPS) is 17.7. The van der Waals surface area contributed by atoms with E-state index >= 15 is 0 Å². The molecule has 1 saturated heterocycles. The van der Waals surface area contributed by atoms with Crippen LogP contribution in [0.3, 0.4) is 0 Å². The number of carboxylic acids is 2. The molecule has 0 bridgehead atoms. The number of furan rings is 1. The van der Waals surface area contributed by atoms with Crippen molar-refractivity contribution in [2.24, 2.45) is 0 Å². The SMILES string of the molecule is CCN1CCn2c(C)cnc2C12CCN(Cc1ccco1)CC2.O=C(O)C(F)(F)F.O=C(O)C(F)(F)F. The molecule has 9 nitrogen and oxygen atoms in total. The van der Waals surface area contributed by atoms with Crippen molar-refractivity contribution in [3.63, 3.8) is 0 Å². The number of piperidine rings is 1. The van der Waals surface area contributed by atoms with Crippen LogP contribution in [0.2, 0.25) is 0 Å². The van der Waals surface area contributed by atoms with Gasteiger partial charge in [-0.3, -0.25) is 9.80 Å². The fourth-order valence-electron chi connectivity index (χ4n) is 4.40. The maximum Gasteiger partial charge on any atom is 0.490 e. The number of carbonyl (C=O) groups is 2. The summed E-state index contributed by atoms with van der Waals surface area (Å²) >= 11 is 0. The molecule has 208 valence electrons. The van der Waals surface area contributed by atoms with Crippen molar-refractivity contribution in [2.75, 3.05) is 26.2 Å². The molecule has 37 heavy (non-hydrogen) atoms. The largest absolute Gasteiger partial charge is 0.490 e. The van der Waals surface area contributed by atoms with Crippen LogP contribution in [0.25, 0.3) is 0 Å². The average Bonchev–Trinajstić information content (AvgIpc) is 3.45. The van der Waals surface area contributed by atoms with Crippen LogP contribution in [-0.2, 0) is 28.2 Å². The molecule has 2 N–H and O–H groups in total. The fourth-order valence-corrected chi connectivity index (χ4v) is 4.40. The van der Waals surface area contributed by atoms with Crippen LogP contribution in [-0.4, -0.2) is 80.0 Å². The van der Waals surface area contributed by atoms with Gasteiger partial charge in [0.25, 0.3) is 0 Å². The van der Waals surface area contributed by atoms with Gasteiger partial charge in [-0.15, -0.1) is 0 Å². The molecule has 1 spiro atoms. The Balaban J connectivity index is 0.000000286. The Hall–Kier alpha value is -3.07. The Bertz CT molecular complexity index is 1000. The molecule has 0 unspecified atom stereocenters. The van der Waals surface area contributed by atoms with Gasteiger partial charge >= 0.3 is 24.3 Å². The number of aryl methyl sites for hydroxylation is 1. The molecule has 2 aromatic heterocycles. The maximum atomic E-state index is 10.6. The summed E-state index contributed by atoms with van der Waals surface area (Å²) in [4.78, 5) is 27.8. The van der Waals surface area contributed by atoms with E-state index in [0.29, 0.717) is 0 Å². The van der Waals surface area contributed by atoms with Crippen LogP contribution in [0.5, 0.6) is 0 Å². The highest BCUT2D eigenvalue weighted by atomic mass is 19.4. The molecular formula is C22H28F6N4O5. The number of hydrogen-bond donors (Lipinski definition) is 2. The predicted octanol–water partition coefficient (Wildman–Crippen LogP) is 3.88. The van der Waals surface area contributed by atoms with Crippen molar-refractivity contribution in [2.45, 2.75) is 57.7 Å². The van der Waals surface area contributed by atoms with Gasteiger partial charge in [0.05, 0.1) is 18.3 Å². The minimum atomic E-state index is -5.08. The number of alkyl halides is 6. The van der Waals surface area contributed by atoms with Gasteiger partial charge in [-0.05, 0) is 38.4 Å². The standard InChI is InChI=1S/C18H26N4O.2C2HF3O2/c1-3-21-10-11-22-15(2)13-19-17(22)18(21)6-8-20(9-7-18)14-16-5-4-12-23-16;2*3-2(4,5)1(6)7/h4-5,12-13H,3,6-11,14H2,1-2H3;2*(H,6,7). The van der Waals surface area contributed by atoms with Crippen molar-refractivity contribution in [3.8, 4) is 0 Å². The van der Waals surface area contributed by atoms with E-state index in [1.165, 1.54) is 11.5 Å². The van der Waals surface area contributed by atoms with Crippen LogP contribution in [0.15, 0.2) is 29.0 Å². The highest BCUT2D eigenvalue weighted by molar-refractivity contribution is 5.73. The topological polar surface area (TPSA) is 112 Å². The number of imidazole rings is 1. The number of nitrogens with zero attached hydrogens (tertiary/aromatic N) is 4. The highest BCUT2D eigenvalue weighted by Gasteiger charge is 2.46. The first-order chi connectivity index (χ1) is 17.1. The van der Waals surface area contributed by atoms with E-state index in [-0.39, 0.29) is 5.54 Å². The molecule has 2 aromatic rings. The van der Waals surface area contributed by atoms with E-state index in [1.54, 1.807) is 6.26 Å². The number of hydrogen-bond acceptors (Lipinski definition) is 6. The molecule has 0 atom stereocenters. The Morgan fingerprint density at radius 2 is 1.57 bits per heavy atom. The zero-order valence-electron chi connectivity index (χ0n) is 20.1. The third kappa shape index (κ3) is 7.71. The zero-order chi connectivity index (χ0) is 28.0. The van der Waals surface area contributed by atoms with Crippen molar-refractivity contribution < 1.29 is 50.6 Å². The van der Waals surface area contributed by atoms with E-state index < -0.39 is 24.3 Å². The van der Waals surface area contributed by atoms with Crippen LogP contribution < -0.4 is 0 Å². The number of rotatable bonds is 3. The van der Waals surface area contributed by atoms with Gasteiger partial charge in [-0.2, -0.15) is 26.3 Å². The summed E-state index contributed by atoms with van der Waals surface area (Å²) in [5, 5.41) is 14.2. The molecule has 1 fully saturated rings. The first kappa shape index (κ1) is 30.2. The summed E-state index contributed by atoms with van der Waals surface area (Å²) < 4.78 is 71.4. The first-order valence-corrected chi connectivity index (χ1v) is 11.2. The molecule has 15 heteroatoms. The molecule has 0 aliphatic carbocycles. The minimum Gasteiger partial charge on any atom is -0.475 e. The molecule has 0 radical (unpaired) electrons. The van der Waals surface area contributed by atoms with E-state index in [0.717, 1.165) is 57.9 Å². The van der Waals surface area contributed by atoms with E-state index in [2.05, 4.69) is 34.3 Å². The van der Waals surface area contributed by atoms with Crippen molar-refractivity contribution in [1.29, 1.82) is 0 Å². The first-order valence-electron chi connectivity index (χ1n) is 11.2. The maximum absolute atomic E-state index is 10.6. The number of likely N-dealkylation sites (N-methyl/N-ethyl adjacent to an activating group) is 1. The molecule has 0 aromatic carbocycles. The van der Waals surface area contributed by atoms with E-state index in [9.17, 15) is 26.3 Å². The third-order valence-electron chi connectivity index (χ3n) is 6.18. The molecular weight excluding hydrogens is 514 g/mol. The Morgan fingerprint density at radius 3 is 2.00 bits per heavy atom. The molecule has 4 heterocycles. The van der Waals surface area contributed by atoms with Crippen molar-refractivity contribution in [3.05, 3.63) is 41.9 Å². The second-order valence-electron chi connectivity index (χ2n) is 8.45. The van der Waals surface area contributed by atoms with Gasteiger partial charge in [-0.1, -0.05) is 6.92 Å². The second kappa shape index (κ2) is 12.0. The lowest BCUT2D eigenvalue weighted by Gasteiger charge is -2.50. The smallest absolute Gasteiger partial charge is 0.475 e. The number of likely N-dealkylation sites (tertiary alicyclic amines) is 1. The number of aromatic nitrogens is 2. The van der Waals surface area contributed by atoms with E-state index in [4.69, 9.17) is 29.2 Å². The fraction of sp³-hybridized carbons (Fsp3) is 0.591. The number of fused-ring (bicyclic) bond motifs is 2. The predicted molar refractivity (Wildman–Crippen MR) is 116 cm³/mol. The van der Waals surface area contributed by atoms with Gasteiger partial charge in [0, 0.05) is 38.1 Å². The molecule has 4 rings (SSSR count). The summed E-state index contributed by atoms with van der Waals surface area (Å²) in [5.74, 6) is -3.16. The van der Waals surface area contributed by atoms with Crippen LogP contribution in [0.1, 0.15) is 37.0 Å². The monoisotopic (exact) mass is 542 g/mol. The summed E-state index contributed by atoms with van der Waals surface area (Å²) in [5.41, 5.74) is 1.43. The molecule has 2 aliphatic heterocycles.